The lowest BCUT2D eigenvalue weighted by Crippen LogP contribution is -1.82. The van der Waals surface area contributed by atoms with E-state index >= 15 is 0 Å². The van der Waals surface area contributed by atoms with Crippen molar-refractivity contribution in [3.8, 4) is 0 Å². The van der Waals surface area contributed by atoms with Crippen molar-refractivity contribution in [1.29, 1.82) is 0 Å². The van der Waals surface area contributed by atoms with Gasteiger partial charge in [0.25, 0.3) is 0 Å². The van der Waals surface area contributed by atoms with Gasteiger partial charge < -0.3 is 0 Å². The van der Waals surface area contributed by atoms with Gasteiger partial charge in [-0.3, -0.25) is 0 Å². The molecule has 0 saturated carbocycles. The summed E-state index contributed by atoms with van der Waals surface area (Å²) in [5, 5.41) is 17.3. The van der Waals surface area contributed by atoms with Crippen LogP contribution < -0.4 is 0 Å². The number of halogens is 2. The minimum absolute atomic E-state index is 0.671. The van der Waals surface area contributed by atoms with Crippen LogP contribution in [-0.4, -0.2) is 20.6 Å². The molecule has 8 heteroatoms. The molecule has 2 aromatic carbocycles. The Hall–Kier alpha value is -1.54. The first kappa shape index (κ1) is 10.4. The molecule has 0 spiro atoms. The van der Waals surface area contributed by atoms with Gasteiger partial charge in [-0.2, -0.15) is 0 Å². The number of hydrogen-bond acceptors (Lipinski definition) is 6. The van der Waals surface area contributed by atoms with Crippen LogP contribution in [0, 0.1) is 0 Å². The fourth-order valence-corrected chi connectivity index (χ4v) is 2.96. The Bertz CT molecular complexity index is 839. The van der Waals surface area contributed by atoms with E-state index in [1.54, 1.807) is 0 Å². The van der Waals surface area contributed by atoms with E-state index in [4.69, 9.17) is 9.26 Å². The van der Waals surface area contributed by atoms with Gasteiger partial charge in [-0.15, -0.1) is 0 Å². The summed E-state index contributed by atoms with van der Waals surface area (Å²) < 4.78 is 11.1. The minimum Gasteiger partial charge on any atom is -0.243 e. The van der Waals surface area contributed by atoms with E-state index in [1.165, 1.54) is 0 Å². The molecule has 0 aliphatic carbocycles. The van der Waals surface area contributed by atoms with Gasteiger partial charge in [-0.05, 0) is 64.6 Å². The van der Waals surface area contributed by atoms with Gasteiger partial charge in [-0.25, -0.2) is 9.26 Å². The second kappa shape index (κ2) is 3.48. The molecule has 6 nitrogen and oxygen atoms in total. The molecule has 2 heterocycles. The maximum Gasteiger partial charge on any atom is 0.150 e. The minimum atomic E-state index is 0.671. The monoisotopic (exact) mass is 368 g/mol. The van der Waals surface area contributed by atoms with Crippen molar-refractivity contribution in [3.63, 3.8) is 0 Å². The van der Waals surface area contributed by atoms with Crippen molar-refractivity contribution in [1.82, 2.24) is 20.6 Å². The first-order valence-corrected chi connectivity index (χ1v) is 6.49. The first-order chi connectivity index (χ1) is 8.75. The second-order valence-corrected chi connectivity index (χ2v) is 5.44. The number of benzene rings is 2. The number of fused-ring (bicyclic) bond motifs is 5. The molecule has 0 N–H and O–H groups in total. The Morgan fingerprint density at radius 1 is 0.667 bits per heavy atom. The van der Waals surface area contributed by atoms with Crippen molar-refractivity contribution in [2.24, 2.45) is 0 Å². The third-order valence-electron chi connectivity index (χ3n) is 2.77. The standard InChI is InChI=1S/C10H2Br2N4O2/c11-5-1-3-4(8-9(5)15-18-14-8)2-6(12)10-7(3)13-17-16-10/h1-2H. The van der Waals surface area contributed by atoms with Crippen LogP contribution in [0.3, 0.4) is 0 Å². The Morgan fingerprint density at radius 3 is 1.50 bits per heavy atom. The van der Waals surface area contributed by atoms with E-state index in [1.807, 2.05) is 12.1 Å². The summed E-state index contributed by atoms with van der Waals surface area (Å²) in [5.41, 5.74) is 2.69. The fraction of sp³-hybridized carbons (Fsp3) is 0. The van der Waals surface area contributed by atoms with Gasteiger partial charge in [-0.1, -0.05) is 0 Å². The highest BCUT2D eigenvalue weighted by atomic mass is 79.9. The van der Waals surface area contributed by atoms with Gasteiger partial charge >= 0.3 is 0 Å². The molecule has 0 amide bonds. The third-order valence-corrected chi connectivity index (χ3v) is 3.98. The maximum atomic E-state index is 4.78. The number of aromatic nitrogens is 4. The number of rotatable bonds is 0. The van der Waals surface area contributed by atoms with Gasteiger partial charge in [0.05, 0.1) is 0 Å². The lowest BCUT2D eigenvalue weighted by atomic mass is 10.1. The molecule has 0 bridgehead atoms. The normalized spacial score (nSPS) is 11.9. The summed E-state index contributed by atoms with van der Waals surface area (Å²) in [4.78, 5) is 0. The molecule has 4 rings (SSSR count). The van der Waals surface area contributed by atoms with Crippen molar-refractivity contribution >= 4 is 64.7 Å². The predicted octanol–water partition coefficient (Wildman–Crippen LogP) is 3.44. The molecule has 4 aromatic rings. The van der Waals surface area contributed by atoms with Crippen LogP contribution in [0.25, 0.3) is 32.8 Å². The average Bonchev–Trinajstić information content (AvgIpc) is 2.98. The lowest BCUT2D eigenvalue weighted by Gasteiger charge is -2.00. The van der Waals surface area contributed by atoms with E-state index in [0.717, 1.165) is 19.7 Å². The van der Waals surface area contributed by atoms with Gasteiger partial charge in [0, 0.05) is 19.7 Å². The lowest BCUT2D eigenvalue weighted by molar-refractivity contribution is 0.315. The molecule has 0 atom stereocenters. The Balaban J connectivity index is 2.40. The van der Waals surface area contributed by atoms with Crippen LogP contribution in [0.2, 0.25) is 0 Å². The molecule has 0 fully saturated rings. The first-order valence-electron chi connectivity index (χ1n) is 4.91. The summed E-state index contributed by atoms with van der Waals surface area (Å²) in [6, 6.07) is 3.81. The predicted molar refractivity (Wildman–Crippen MR) is 70.1 cm³/mol. The molecule has 18 heavy (non-hydrogen) atoms. The highest BCUT2D eigenvalue weighted by Crippen LogP contribution is 2.36. The molecule has 88 valence electrons. The van der Waals surface area contributed by atoms with Crippen LogP contribution in [0.1, 0.15) is 0 Å². The molecule has 2 aromatic heterocycles. The number of nitrogens with zero attached hydrogens (tertiary/aromatic N) is 4. The highest BCUT2D eigenvalue weighted by Gasteiger charge is 2.16. The second-order valence-electron chi connectivity index (χ2n) is 3.73. The Labute approximate surface area is 115 Å². The van der Waals surface area contributed by atoms with Crippen molar-refractivity contribution in [3.05, 3.63) is 21.1 Å². The van der Waals surface area contributed by atoms with E-state index in [2.05, 4.69) is 52.5 Å². The zero-order chi connectivity index (χ0) is 12.3. The quantitative estimate of drug-likeness (QED) is 0.472. The molecule has 0 saturated heterocycles. The smallest absolute Gasteiger partial charge is 0.150 e. The number of hydrogen-bond donors (Lipinski definition) is 0. The largest absolute Gasteiger partial charge is 0.243 e. The van der Waals surface area contributed by atoms with Gasteiger partial charge in [0.2, 0.25) is 0 Å². The van der Waals surface area contributed by atoms with Crippen LogP contribution in [0.4, 0.5) is 0 Å². The average molecular weight is 370 g/mol. The van der Waals surface area contributed by atoms with Crippen LogP contribution in [0.5, 0.6) is 0 Å². The molecule has 0 aliphatic heterocycles. The fourth-order valence-electron chi connectivity index (χ4n) is 1.98. The Morgan fingerprint density at radius 2 is 1.06 bits per heavy atom. The van der Waals surface area contributed by atoms with Gasteiger partial charge in [0.1, 0.15) is 22.1 Å². The molecular weight excluding hydrogens is 368 g/mol. The summed E-state index contributed by atoms with van der Waals surface area (Å²) >= 11 is 6.87. The van der Waals surface area contributed by atoms with Crippen LogP contribution in [-0.2, 0) is 0 Å². The zero-order valence-corrected chi connectivity index (χ0v) is 11.7. The topological polar surface area (TPSA) is 77.8 Å². The zero-order valence-electron chi connectivity index (χ0n) is 8.52. The third kappa shape index (κ3) is 1.21. The SMILES string of the molecule is Brc1cc2c(cc(Br)c3nonc32)c2nonc12. The van der Waals surface area contributed by atoms with Crippen molar-refractivity contribution in [2.75, 3.05) is 0 Å². The molecule has 0 unspecified atom stereocenters. The Kier molecular flexibility index (Phi) is 2.01. The van der Waals surface area contributed by atoms with Crippen LogP contribution in [0.15, 0.2) is 30.3 Å². The maximum absolute atomic E-state index is 4.78. The summed E-state index contributed by atoms with van der Waals surface area (Å²) in [7, 11) is 0. The van der Waals surface area contributed by atoms with E-state index in [9.17, 15) is 0 Å². The van der Waals surface area contributed by atoms with Crippen molar-refractivity contribution in [2.45, 2.75) is 0 Å². The summed E-state index contributed by atoms with van der Waals surface area (Å²) in [6.45, 7) is 0. The van der Waals surface area contributed by atoms with Gasteiger partial charge in [0.15, 0.2) is 0 Å². The molecule has 0 aliphatic rings. The van der Waals surface area contributed by atoms with E-state index in [0.29, 0.717) is 22.1 Å². The summed E-state index contributed by atoms with van der Waals surface area (Å²) in [6.07, 6.45) is 0. The van der Waals surface area contributed by atoms with Crippen LogP contribution >= 0.6 is 31.9 Å². The molecule has 0 radical (unpaired) electrons. The summed E-state index contributed by atoms with van der Waals surface area (Å²) in [5.74, 6) is 0. The molecular formula is C10H2Br2N4O2. The van der Waals surface area contributed by atoms with E-state index < -0.39 is 0 Å². The van der Waals surface area contributed by atoms with E-state index in [-0.39, 0.29) is 0 Å². The highest BCUT2D eigenvalue weighted by molar-refractivity contribution is 9.11. The van der Waals surface area contributed by atoms with Crippen molar-refractivity contribution < 1.29 is 9.26 Å².